The maximum Gasteiger partial charge on any atom is 0.308 e. The predicted octanol–water partition coefficient (Wildman–Crippen LogP) is 1.76. The van der Waals surface area contributed by atoms with E-state index in [9.17, 15) is 9.90 Å². The van der Waals surface area contributed by atoms with Crippen LogP contribution in [0, 0.1) is 0 Å². The van der Waals surface area contributed by atoms with Crippen LogP contribution in [0.1, 0.15) is 32.8 Å². The Hall–Kier alpha value is -1.51. The van der Waals surface area contributed by atoms with Crippen LogP contribution in [0.2, 0.25) is 0 Å². The molecule has 2 fully saturated rings. The lowest BCUT2D eigenvalue weighted by atomic mass is 10.0. The Labute approximate surface area is 153 Å². The minimum Gasteiger partial charge on any atom is -0.466 e. The molecule has 2 aliphatic rings. The first-order chi connectivity index (χ1) is 12.4. The number of carbonyl (C=O) groups is 1. The van der Waals surface area contributed by atoms with Gasteiger partial charge in [-0.25, -0.2) is 0 Å². The molecule has 2 aliphatic heterocycles. The number of aliphatic hydroxyl groups excluding tert-OH is 1. The summed E-state index contributed by atoms with van der Waals surface area (Å²) in [5.41, 5.74) is 0.993. The normalized spacial score (nSPS) is 30.8. The van der Waals surface area contributed by atoms with Crippen LogP contribution in [0.25, 0.3) is 0 Å². The van der Waals surface area contributed by atoms with Crippen LogP contribution >= 0.6 is 0 Å². The molecule has 0 radical (unpaired) electrons. The monoisotopic (exact) mass is 366 g/mol. The Morgan fingerprint density at radius 3 is 2.69 bits per heavy atom. The molecule has 0 spiro atoms. The van der Waals surface area contributed by atoms with Gasteiger partial charge in [0.25, 0.3) is 0 Å². The van der Waals surface area contributed by atoms with E-state index in [-0.39, 0.29) is 13.0 Å². The van der Waals surface area contributed by atoms with E-state index < -0.39 is 42.5 Å². The lowest BCUT2D eigenvalue weighted by Gasteiger charge is -2.28. The Balaban J connectivity index is 1.69. The smallest absolute Gasteiger partial charge is 0.308 e. The van der Waals surface area contributed by atoms with E-state index in [2.05, 4.69) is 0 Å². The summed E-state index contributed by atoms with van der Waals surface area (Å²) in [6, 6.07) is 9.69. The van der Waals surface area contributed by atoms with Crippen LogP contribution in [-0.2, 0) is 35.1 Å². The summed E-state index contributed by atoms with van der Waals surface area (Å²) in [6.45, 7) is 5.91. The van der Waals surface area contributed by atoms with E-state index in [0.717, 1.165) is 5.56 Å². The topological polar surface area (TPSA) is 83.5 Å². The number of esters is 1. The highest BCUT2D eigenvalue weighted by atomic mass is 16.8. The number of carbonyl (C=O) groups excluding carboxylic acids is 1. The van der Waals surface area contributed by atoms with Crippen molar-refractivity contribution in [2.75, 3.05) is 6.61 Å². The summed E-state index contributed by atoms with van der Waals surface area (Å²) in [5.74, 6) is -1.27. The maximum atomic E-state index is 11.7. The quantitative estimate of drug-likeness (QED) is 0.736. The molecule has 2 heterocycles. The Morgan fingerprint density at radius 1 is 1.27 bits per heavy atom. The zero-order valence-corrected chi connectivity index (χ0v) is 15.3. The van der Waals surface area contributed by atoms with Crippen LogP contribution in [0.4, 0.5) is 0 Å². The van der Waals surface area contributed by atoms with E-state index >= 15 is 0 Å². The summed E-state index contributed by atoms with van der Waals surface area (Å²) >= 11 is 0. The zero-order chi connectivity index (χ0) is 18.7. The van der Waals surface area contributed by atoms with Gasteiger partial charge in [-0.2, -0.15) is 0 Å². The summed E-state index contributed by atoms with van der Waals surface area (Å²) in [5, 5.41) is 10.5. The van der Waals surface area contributed by atoms with E-state index in [1.807, 2.05) is 30.3 Å². The highest BCUT2D eigenvalue weighted by Crippen LogP contribution is 2.40. The number of hydrogen-bond donors (Lipinski definition) is 1. The third-order valence-corrected chi connectivity index (χ3v) is 4.37. The second kappa shape index (κ2) is 8.02. The minimum atomic E-state index is -1.07. The Morgan fingerprint density at radius 2 is 2.00 bits per heavy atom. The first-order valence-electron chi connectivity index (χ1n) is 8.90. The predicted molar refractivity (Wildman–Crippen MR) is 91.0 cm³/mol. The van der Waals surface area contributed by atoms with Crippen molar-refractivity contribution in [3.8, 4) is 0 Å². The Bertz CT molecular complexity index is 603. The van der Waals surface area contributed by atoms with E-state index in [0.29, 0.717) is 6.61 Å². The average Bonchev–Trinajstić information content (AvgIpc) is 3.06. The second-order valence-electron chi connectivity index (χ2n) is 6.91. The molecular formula is C19H26O7. The van der Waals surface area contributed by atoms with E-state index in [1.54, 1.807) is 20.8 Å². The van der Waals surface area contributed by atoms with Crippen LogP contribution in [0.15, 0.2) is 30.3 Å². The molecule has 0 unspecified atom stereocenters. The molecule has 5 atom stereocenters. The van der Waals surface area contributed by atoms with Gasteiger partial charge < -0.3 is 28.8 Å². The van der Waals surface area contributed by atoms with Gasteiger partial charge in [0.05, 0.1) is 25.7 Å². The highest BCUT2D eigenvalue weighted by Gasteiger charge is 2.57. The van der Waals surface area contributed by atoms with Crippen molar-refractivity contribution in [1.82, 2.24) is 0 Å². The molecule has 0 amide bonds. The van der Waals surface area contributed by atoms with Gasteiger partial charge in [0.15, 0.2) is 12.1 Å². The van der Waals surface area contributed by atoms with Crippen molar-refractivity contribution in [2.45, 2.75) is 70.3 Å². The molecule has 0 bridgehead atoms. The molecule has 7 heteroatoms. The van der Waals surface area contributed by atoms with Crippen molar-refractivity contribution in [1.29, 1.82) is 0 Å². The number of benzene rings is 1. The van der Waals surface area contributed by atoms with Crippen LogP contribution < -0.4 is 0 Å². The highest BCUT2D eigenvalue weighted by molar-refractivity contribution is 5.70. The van der Waals surface area contributed by atoms with E-state index in [4.69, 9.17) is 23.7 Å². The van der Waals surface area contributed by atoms with Gasteiger partial charge in [0, 0.05) is 0 Å². The number of fused-ring (bicyclic) bond motifs is 1. The second-order valence-corrected chi connectivity index (χ2v) is 6.91. The van der Waals surface area contributed by atoms with Gasteiger partial charge >= 0.3 is 5.97 Å². The number of aliphatic hydroxyl groups is 1. The fraction of sp³-hybridized carbons (Fsp3) is 0.632. The van der Waals surface area contributed by atoms with Gasteiger partial charge in [-0.05, 0) is 26.3 Å². The van der Waals surface area contributed by atoms with Crippen molar-refractivity contribution in [3.05, 3.63) is 35.9 Å². The summed E-state index contributed by atoms with van der Waals surface area (Å²) in [7, 11) is 0. The molecule has 2 saturated heterocycles. The molecular weight excluding hydrogens is 340 g/mol. The first-order valence-corrected chi connectivity index (χ1v) is 8.90. The number of hydrogen-bond acceptors (Lipinski definition) is 7. The molecule has 1 aromatic carbocycles. The minimum absolute atomic E-state index is 0.174. The number of rotatable bonds is 7. The van der Waals surface area contributed by atoms with Gasteiger partial charge in [-0.1, -0.05) is 30.3 Å². The van der Waals surface area contributed by atoms with Gasteiger partial charge in [0.2, 0.25) is 0 Å². The molecule has 3 rings (SSSR count). The third-order valence-electron chi connectivity index (χ3n) is 4.37. The molecule has 0 aliphatic carbocycles. The average molecular weight is 366 g/mol. The lowest BCUT2D eigenvalue weighted by molar-refractivity contribution is -0.231. The van der Waals surface area contributed by atoms with E-state index in [1.165, 1.54) is 0 Å². The van der Waals surface area contributed by atoms with Crippen LogP contribution in [0.3, 0.4) is 0 Å². The zero-order valence-electron chi connectivity index (χ0n) is 15.3. The summed E-state index contributed by atoms with van der Waals surface area (Å²) in [4.78, 5) is 11.7. The molecule has 26 heavy (non-hydrogen) atoms. The van der Waals surface area contributed by atoms with Crippen LogP contribution in [-0.4, -0.2) is 54.2 Å². The van der Waals surface area contributed by atoms with Crippen LogP contribution in [0.5, 0.6) is 0 Å². The SMILES string of the molecule is CCOC(=O)C[C@H](O)[C@H]1O[C@@H]2OC(C)(C)O[C@@H]2[C@H]1OCc1ccccc1. The standard InChI is InChI=1S/C19H26O7/c1-4-22-14(21)10-13(20)15-16(23-11-12-8-6-5-7-9-12)17-18(24-15)26-19(2,3)25-17/h5-9,13,15-18,20H,4,10-11H2,1-3H3/t13-,15+,16-,17+,18+/m0/s1. The summed E-state index contributed by atoms with van der Waals surface area (Å²) < 4.78 is 28.4. The fourth-order valence-corrected chi connectivity index (χ4v) is 3.28. The number of ether oxygens (including phenoxy) is 5. The van der Waals surface area contributed by atoms with Crippen molar-refractivity contribution >= 4 is 5.97 Å². The van der Waals surface area contributed by atoms with Crippen molar-refractivity contribution in [3.63, 3.8) is 0 Å². The third kappa shape index (κ3) is 4.42. The molecule has 144 valence electrons. The summed E-state index contributed by atoms with van der Waals surface area (Å²) in [6.07, 6.45) is -3.67. The molecule has 1 aromatic rings. The van der Waals surface area contributed by atoms with Gasteiger partial charge in [-0.3, -0.25) is 4.79 Å². The first kappa shape index (κ1) is 19.3. The Kier molecular flexibility index (Phi) is 5.94. The molecule has 0 saturated carbocycles. The largest absolute Gasteiger partial charge is 0.466 e. The van der Waals surface area contributed by atoms with Gasteiger partial charge in [-0.15, -0.1) is 0 Å². The van der Waals surface area contributed by atoms with Crippen molar-refractivity contribution in [2.24, 2.45) is 0 Å². The molecule has 7 nitrogen and oxygen atoms in total. The van der Waals surface area contributed by atoms with Gasteiger partial charge in [0.1, 0.15) is 18.3 Å². The lowest BCUT2D eigenvalue weighted by Crippen LogP contribution is -2.43. The molecule has 0 aromatic heterocycles. The molecule has 1 N–H and O–H groups in total. The van der Waals surface area contributed by atoms with Crippen molar-refractivity contribution < 1.29 is 33.6 Å². The fourth-order valence-electron chi connectivity index (χ4n) is 3.28. The maximum absolute atomic E-state index is 11.7.